The van der Waals surface area contributed by atoms with Crippen LogP contribution in [0.4, 0.5) is 5.82 Å². The van der Waals surface area contributed by atoms with Crippen LogP contribution in [0.25, 0.3) is 0 Å². The quantitative estimate of drug-likeness (QED) is 0.674. The van der Waals surface area contributed by atoms with E-state index in [1.165, 1.54) is 17.3 Å². The van der Waals surface area contributed by atoms with Gasteiger partial charge in [-0.05, 0) is 30.4 Å². The smallest absolute Gasteiger partial charge is 0.225 e. The van der Waals surface area contributed by atoms with Crippen molar-refractivity contribution in [1.82, 2.24) is 9.97 Å². The van der Waals surface area contributed by atoms with Gasteiger partial charge in [-0.1, -0.05) is 24.8 Å². The zero-order chi connectivity index (χ0) is 14.5. The fraction of sp³-hybridized carbons (Fsp3) is 0.286. The first-order valence-electron chi connectivity index (χ1n) is 6.19. The summed E-state index contributed by atoms with van der Waals surface area (Å²) >= 11 is 1.41. The van der Waals surface area contributed by atoms with Crippen molar-refractivity contribution in [2.24, 2.45) is 0 Å². The second-order valence-electron chi connectivity index (χ2n) is 4.06. The van der Waals surface area contributed by atoms with Crippen LogP contribution in [0.5, 0.6) is 17.4 Å². The summed E-state index contributed by atoms with van der Waals surface area (Å²) in [5.41, 5.74) is 6.91. The molecule has 0 aliphatic rings. The Bertz CT molecular complexity index is 605. The van der Waals surface area contributed by atoms with E-state index in [-0.39, 0.29) is 0 Å². The molecule has 2 aromatic rings. The Morgan fingerprint density at radius 3 is 2.65 bits per heavy atom. The molecular weight excluding hydrogens is 274 g/mol. The third-order valence-corrected chi connectivity index (χ3v) is 3.28. The van der Waals surface area contributed by atoms with Gasteiger partial charge in [-0.15, -0.1) is 0 Å². The first kappa shape index (κ1) is 14.5. The number of hydrogen-bond acceptors (Lipinski definition) is 6. The van der Waals surface area contributed by atoms with E-state index < -0.39 is 0 Å². The number of nitrogens with zero attached hydrogens (tertiary/aromatic N) is 2. The van der Waals surface area contributed by atoms with E-state index in [0.717, 1.165) is 6.42 Å². The lowest BCUT2D eigenvalue weighted by molar-refractivity contribution is 0.372. The van der Waals surface area contributed by atoms with Gasteiger partial charge in [0.15, 0.2) is 16.7 Å². The molecule has 2 N–H and O–H groups in total. The Balaban J connectivity index is 2.31. The molecule has 0 unspecified atom stereocenters. The highest BCUT2D eigenvalue weighted by Crippen LogP contribution is 2.32. The van der Waals surface area contributed by atoms with Crippen molar-refractivity contribution in [2.75, 3.05) is 19.1 Å². The second kappa shape index (κ2) is 6.47. The molecule has 0 atom stereocenters. The molecule has 0 amide bonds. The lowest BCUT2D eigenvalue weighted by atomic mass is 10.1. The second-order valence-corrected chi connectivity index (χ2v) is 4.83. The van der Waals surface area contributed by atoms with Gasteiger partial charge in [-0.25, -0.2) is 4.98 Å². The largest absolute Gasteiger partial charge is 0.493 e. The highest BCUT2D eigenvalue weighted by molar-refractivity contribution is 7.98. The van der Waals surface area contributed by atoms with Gasteiger partial charge in [0, 0.05) is 6.07 Å². The molecule has 0 saturated carbocycles. The zero-order valence-electron chi connectivity index (χ0n) is 11.7. The molecule has 5 nitrogen and oxygen atoms in total. The molecule has 106 valence electrons. The summed E-state index contributed by atoms with van der Waals surface area (Å²) in [6.07, 6.45) is 2.82. The predicted octanol–water partition coefficient (Wildman–Crippen LogP) is 3.14. The third-order valence-electron chi connectivity index (χ3n) is 2.74. The molecule has 0 radical (unpaired) electrons. The number of benzene rings is 1. The summed E-state index contributed by atoms with van der Waals surface area (Å²) in [4.78, 5) is 8.34. The maximum atomic E-state index is 5.75. The lowest BCUT2D eigenvalue weighted by Crippen LogP contribution is -1.98. The monoisotopic (exact) mass is 291 g/mol. The van der Waals surface area contributed by atoms with Crippen LogP contribution < -0.4 is 15.2 Å². The minimum absolute atomic E-state index is 0.378. The van der Waals surface area contributed by atoms with Crippen LogP contribution in [0, 0.1) is 0 Å². The molecule has 6 heteroatoms. The topological polar surface area (TPSA) is 70.3 Å². The van der Waals surface area contributed by atoms with Gasteiger partial charge in [0.25, 0.3) is 0 Å². The maximum Gasteiger partial charge on any atom is 0.225 e. The molecule has 1 heterocycles. The van der Waals surface area contributed by atoms with Gasteiger partial charge in [-0.3, -0.25) is 0 Å². The number of thioether (sulfide) groups is 1. The first-order valence-corrected chi connectivity index (χ1v) is 7.42. The molecule has 20 heavy (non-hydrogen) atoms. The molecule has 0 aliphatic heterocycles. The van der Waals surface area contributed by atoms with Crippen LogP contribution in [-0.2, 0) is 6.42 Å². The number of nitrogen functional groups attached to an aromatic ring is 1. The van der Waals surface area contributed by atoms with Crippen LogP contribution in [0.15, 0.2) is 29.4 Å². The fourth-order valence-corrected chi connectivity index (χ4v) is 2.07. The van der Waals surface area contributed by atoms with Crippen LogP contribution in [0.3, 0.4) is 0 Å². The van der Waals surface area contributed by atoms with Crippen molar-refractivity contribution in [3.05, 3.63) is 29.8 Å². The van der Waals surface area contributed by atoms with Gasteiger partial charge in [-0.2, -0.15) is 4.98 Å². The highest BCUT2D eigenvalue weighted by Gasteiger charge is 2.09. The fourth-order valence-electron chi connectivity index (χ4n) is 1.69. The molecular formula is C14H17N3O2S. The minimum Gasteiger partial charge on any atom is -0.493 e. The van der Waals surface area contributed by atoms with Crippen molar-refractivity contribution >= 4 is 17.6 Å². The lowest BCUT2D eigenvalue weighted by Gasteiger charge is -2.11. The number of aromatic nitrogens is 2. The number of hydrogen-bond donors (Lipinski definition) is 1. The van der Waals surface area contributed by atoms with E-state index in [0.29, 0.717) is 28.4 Å². The molecule has 0 fully saturated rings. The Hall–Kier alpha value is -1.95. The normalized spacial score (nSPS) is 10.3. The molecule has 1 aromatic carbocycles. The summed E-state index contributed by atoms with van der Waals surface area (Å²) in [6.45, 7) is 2.09. The van der Waals surface area contributed by atoms with Gasteiger partial charge >= 0.3 is 0 Å². The Kier molecular flexibility index (Phi) is 4.68. The Morgan fingerprint density at radius 2 is 2.00 bits per heavy atom. The zero-order valence-corrected chi connectivity index (χ0v) is 12.5. The van der Waals surface area contributed by atoms with Crippen molar-refractivity contribution in [3.63, 3.8) is 0 Å². The first-order chi connectivity index (χ1) is 9.66. The number of rotatable bonds is 5. The molecule has 0 saturated heterocycles. The third kappa shape index (κ3) is 3.33. The molecule has 1 aromatic heterocycles. The van der Waals surface area contributed by atoms with E-state index in [4.69, 9.17) is 15.2 Å². The van der Waals surface area contributed by atoms with Crippen LogP contribution in [0.1, 0.15) is 12.5 Å². The number of ether oxygens (including phenoxy) is 2. The van der Waals surface area contributed by atoms with Crippen LogP contribution >= 0.6 is 11.8 Å². The van der Waals surface area contributed by atoms with Crippen molar-refractivity contribution in [2.45, 2.75) is 18.5 Å². The van der Waals surface area contributed by atoms with E-state index in [1.807, 2.05) is 24.5 Å². The van der Waals surface area contributed by atoms with Crippen molar-refractivity contribution in [3.8, 4) is 17.4 Å². The minimum atomic E-state index is 0.378. The van der Waals surface area contributed by atoms with Gasteiger partial charge < -0.3 is 15.2 Å². The maximum absolute atomic E-state index is 5.75. The van der Waals surface area contributed by atoms with Gasteiger partial charge in [0.2, 0.25) is 5.88 Å². The van der Waals surface area contributed by atoms with Gasteiger partial charge in [0.05, 0.1) is 7.11 Å². The molecule has 0 aliphatic carbocycles. The summed E-state index contributed by atoms with van der Waals surface area (Å²) in [6, 6.07) is 7.41. The van der Waals surface area contributed by atoms with E-state index in [1.54, 1.807) is 13.2 Å². The van der Waals surface area contributed by atoms with Crippen molar-refractivity contribution < 1.29 is 9.47 Å². The SMILES string of the molecule is CCc1ccc(Oc2cc(N)nc(SC)n2)c(OC)c1. The highest BCUT2D eigenvalue weighted by atomic mass is 32.2. The summed E-state index contributed by atoms with van der Waals surface area (Å²) in [5, 5.41) is 0.573. The summed E-state index contributed by atoms with van der Waals surface area (Å²) < 4.78 is 11.1. The summed E-state index contributed by atoms with van der Waals surface area (Å²) in [7, 11) is 1.61. The average Bonchev–Trinajstić information content (AvgIpc) is 2.47. The predicted molar refractivity (Wildman–Crippen MR) is 80.7 cm³/mol. The molecule has 2 rings (SSSR count). The Labute approximate surface area is 122 Å². The van der Waals surface area contributed by atoms with E-state index >= 15 is 0 Å². The van der Waals surface area contributed by atoms with Crippen LogP contribution in [-0.4, -0.2) is 23.3 Å². The van der Waals surface area contributed by atoms with Crippen LogP contribution in [0.2, 0.25) is 0 Å². The molecule has 0 spiro atoms. The Morgan fingerprint density at radius 1 is 1.20 bits per heavy atom. The average molecular weight is 291 g/mol. The number of nitrogens with two attached hydrogens (primary N) is 1. The number of anilines is 1. The standard InChI is InChI=1S/C14H17N3O2S/c1-4-9-5-6-10(11(7-9)18-2)19-13-8-12(15)16-14(17-13)20-3/h5-8H,4H2,1-3H3,(H2,15,16,17). The molecule has 0 bridgehead atoms. The van der Waals surface area contributed by atoms with Gasteiger partial charge in [0.1, 0.15) is 5.82 Å². The number of aryl methyl sites for hydroxylation is 1. The van der Waals surface area contributed by atoms with E-state index in [2.05, 4.69) is 16.9 Å². The van der Waals surface area contributed by atoms with E-state index in [9.17, 15) is 0 Å². The number of methoxy groups -OCH3 is 1. The van der Waals surface area contributed by atoms with Crippen molar-refractivity contribution in [1.29, 1.82) is 0 Å². The summed E-state index contributed by atoms with van der Waals surface area (Å²) in [5.74, 6) is 2.06.